The summed E-state index contributed by atoms with van der Waals surface area (Å²) in [6, 6.07) is 0. The highest BCUT2D eigenvalue weighted by Gasteiger charge is 2.24. The van der Waals surface area contributed by atoms with Crippen molar-refractivity contribution in [3.8, 4) is 0 Å². The smallest absolute Gasteiger partial charge is 0.233 e. The molecule has 0 bridgehead atoms. The molecule has 1 heterocycles. The van der Waals surface area contributed by atoms with Gasteiger partial charge in [0.2, 0.25) is 5.91 Å². The molecule has 0 spiro atoms. The molecule has 1 amide bonds. The van der Waals surface area contributed by atoms with E-state index >= 15 is 0 Å². The highest BCUT2D eigenvalue weighted by Crippen LogP contribution is 2.27. The third-order valence-electron chi connectivity index (χ3n) is 3.51. The van der Waals surface area contributed by atoms with E-state index in [0.717, 1.165) is 32.0 Å². The molecule has 2 rings (SSSR count). The largest absolute Gasteiger partial charge is 0.378 e. The van der Waals surface area contributed by atoms with Crippen molar-refractivity contribution in [2.24, 2.45) is 11.8 Å². The predicted octanol–water partition coefficient (Wildman–Crippen LogP) is 0.527. The van der Waals surface area contributed by atoms with Gasteiger partial charge in [0.05, 0.1) is 12.6 Å². The van der Waals surface area contributed by atoms with Crippen LogP contribution in [0.4, 0.5) is 0 Å². The third-order valence-corrected chi connectivity index (χ3v) is 3.51. The number of carbonyl (C=O) groups is 1. The van der Waals surface area contributed by atoms with Crippen LogP contribution >= 0.6 is 0 Å². The first-order chi connectivity index (χ1) is 7.75. The van der Waals surface area contributed by atoms with E-state index in [9.17, 15) is 4.79 Å². The van der Waals surface area contributed by atoms with Gasteiger partial charge in [-0.05, 0) is 38.6 Å². The van der Waals surface area contributed by atoms with Gasteiger partial charge in [0.25, 0.3) is 0 Å². The van der Waals surface area contributed by atoms with E-state index in [4.69, 9.17) is 4.74 Å². The number of carbonyl (C=O) groups excluding carboxylic acids is 1. The van der Waals surface area contributed by atoms with Crippen molar-refractivity contribution in [3.05, 3.63) is 0 Å². The molecule has 4 nitrogen and oxygen atoms in total. The number of hydrogen-bond acceptors (Lipinski definition) is 3. The normalized spacial score (nSPS) is 29.3. The quantitative estimate of drug-likeness (QED) is 0.694. The molecule has 0 aromatic carbocycles. The SMILES string of the molecule is CC1OCCC1CNC(=O)CNCC1CC1. The molecule has 2 unspecified atom stereocenters. The summed E-state index contributed by atoms with van der Waals surface area (Å²) in [5.41, 5.74) is 0. The predicted molar refractivity (Wildman–Crippen MR) is 62.1 cm³/mol. The van der Waals surface area contributed by atoms with Crippen molar-refractivity contribution >= 4 is 5.91 Å². The Morgan fingerprint density at radius 2 is 2.12 bits per heavy atom. The van der Waals surface area contributed by atoms with Gasteiger partial charge < -0.3 is 15.4 Å². The van der Waals surface area contributed by atoms with E-state index in [1.165, 1.54) is 12.8 Å². The molecule has 1 saturated heterocycles. The molecule has 2 fully saturated rings. The van der Waals surface area contributed by atoms with Gasteiger partial charge in [-0.15, -0.1) is 0 Å². The van der Waals surface area contributed by atoms with Crippen molar-refractivity contribution < 1.29 is 9.53 Å². The highest BCUT2D eigenvalue weighted by atomic mass is 16.5. The standard InChI is InChI=1S/C12H22N2O2/c1-9-11(4-5-16-9)7-14-12(15)8-13-6-10-2-3-10/h9-11,13H,2-8H2,1H3,(H,14,15). The van der Waals surface area contributed by atoms with Crippen LogP contribution in [-0.4, -0.2) is 38.3 Å². The number of hydrogen-bond donors (Lipinski definition) is 2. The van der Waals surface area contributed by atoms with Gasteiger partial charge >= 0.3 is 0 Å². The number of nitrogens with one attached hydrogen (secondary N) is 2. The van der Waals surface area contributed by atoms with Crippen LogP contribution in [0.1, 0.15) is 26.2 Å². The zero-order chi connectivity index (χ0) is 11.4. The Labute approximate surface area is 97.1 Å². The van der Waals surface area contributed by atoms with Crippen molar-refractivity contribution in [2.45, 2.75) is 32.3 Å². The van der Waals surface area contributed by atoms with Crippen molar-refractivity contribution in [3.63, 3.8) is 0 Å². The molecule has 1 aliphatic heterocycles. The first-order valence-electron chi connectivity index (χ1n) is 6.34. The molecule has 2 atom stereocenters. The maximum atomic E-state index is 11.5. The molecular formula is C12H22N2O2. The summed E-state index contributed by atoms with van der Waals surface area (Å²) in [5.74, 6) is 1.43. The van der Waals surface area contributed by atoms with Crippen LogP contribution < -0.4 is 10.6 Å². The zero-order valence-corrected chi connectivity index (χ0v) is 10.00. The first kappa shape index (κ1) is 11.9. The Morgan fingerprint density at radius 3 is 2.75 bits per heavy atom. The van der Waals surface area contributed by atoms with Gasteiger partial charge in [-0.25, -0.2) is 0 Å². The minimum atomic E-state index is 0.111. The minimum absolute atomic E-state index is 0.111. The molecule has 1 saturated carbocycles. The van der Waals surface area contributed by atoms with Crippen molar-refractivity contribution in [2.75, 3.05) is 26.2 Å². The molecule has 0 radical (unpaired) electrons. The molecule has 1 aliphatic carbocycles. The summed E-state index contributed by atoms with van der Waals surface area (Å²) < 4.78 is 5.45. The number of amides is 1. The van der Waals surface area contributed by atoms with E-state index < -0.39 is 0 Å². The van der Waals surface area contributed by atoms with Crippen LogP contribution in [-0.2, 0) is 9.53 Å². The Morgan fingerprint density at radius 1 is 1.31 bits per heavy atom. The van der Waals surface area contributed by atoms with Crippen LogP contribution in [0.2, 0.25) is 0 Å². The Kier molecular flexibility index (Phi) is 4.18. The van der Waals surface area contributed by atoms with Crippen LogP contribution in [0.15, 0.2) is 0 Å². The average molecular weight is 226 g/mol. The number of rotatable bonds is 6. The fourth-order valence-electron chi connectivity index (χ4n) is 2.06. The van der Waals surface area contributed by atoms with Crippen LogP contribution in [0.25, 0.3) is 0 Å². The highest BCUT2D eigenvalue weighted by molar-refractivity contribution is 5.77. The average Bonchev–Trinajstić information content (AvgIpc) is 2.99. The lowest BCUT2D eigenvalue weighted by Crippen LogP contribution is -2.38. The molecule has 2 N–H and O–H groups in total. The Balaban J connectivity index is 1.52. The molecule has 4 heteroatoms. The monoisotopic (exact) mass is 226 g/mol. The summed E-state index contributed by atoms with van der Waals surface area (Å²) in [5, 5.41) is 6.16. The second-order valence-corrected chi connectivity index (χ2v) is 5.00. The lowest BCUT2D eigenvalue weighted by molar-refractivity contribution is -0.120. The Hall–Kier alpha value is -0.610. The van der Waals surface area contributed by atoms with E-state index in [1.807, 2.05) is 0 Å². The minimum Gasteiger partial charge on any atom is -0.378 e. The topological polar surface area (TPSA) is 50.4 Å². The van der Waals surface area contributed by atoms with E-state index in [-0.39, 0.29) is 5.91 Å². The van der Waals surface area contributed by atoms with Gasteiger partial charge in [0, 0.05) is 19.1 Å². The summed E-state index contributed by atoms with van der Waals surface area (Å²) >= 11 is 0. The lowest BCUT2D eigenvalue weighted by atomic mass is 10.0. The zero-order valence-electron chi connectivity index (χ0n) is 10.00. The third kappa shape index (κ3) is 3.76. The maximum Gasteiger partial charge on any atom is 0.233 e. The lowest BCUT2D eigenvalue weighted by Gasteiger charge is -2.14. The van der Waals surface area contributed by atoms with E-state index in [1.54, 1.807) is 0 Å². The van der Waals surface area contributed by atoms with Gasteiger partial charge in [-0.3, -0.25) is 4.79 Å². The maximum absolute atomic E-state index is 11.5. The second-order valence-electron chi connectivity index (χ2n) is 5.00. The van der Waals surface area contributed by atoms with Crippen LogP contribution in [0.5, 0.6) is 0 Å². The van der Waals surface area contributed by atoms with E-state index in [0.29, 0.717) is 18.6 Å². The summed E-state index contributed by atoms with van der Waals surface area (Å²) in [6.07, 6.45) is 4.01. The Bertz CT molecular complexity index is 241. The molecule has 2 aliphatic rings. The van der Waals surface area contributed by atoms with Crippen molar-refractivity contribution in [1.82, 2.24) is 10.6 Å². The summed E-state index contributed by atoms with van der Waals surface area (Å²) in [4.78, 5) is 11.5. The summed E-state index contributed by atoms with van der Waals surface area (Å²) in [6.45, 7) is 5.12. The van der Waals surface area contributed by atoms with Crippen LogP contribution in [0, 0.1) is 11.8 Å². The van der Waals surface area contributed by atoms with Crippen molar-refractivity contribution in [1.29, 1.82) is 0 Å². The van der Waals surface area contributed by atoms with Gasteiger partial charge in [0.1, 0.15) is 0 Å². The first-order valence-corrected chi connectivity index (χ1v) is 6.34. The molecular weight excluding hydrogens is 204 g/mol. The van der Waals surface area contributed by atoms with Crippen LogP contribution in [0.3, 0.4) is 0 Å². The molecule has 92 valence electrons. The van der Waals surface area contributed by atoms with Gasteiger partial charge in [-0.1, -0.05) is 0 Å². The van der Waals surface area contributed by atoms with Gasteiger partial charge in [-0.2, -0.15) is 0 Å². The second kappa shape index (κ2) is 5.64. The molecule has 0 aromatic rings. The molecule has 0 aromatic heterocycles. The summed E-state index contributed by atoms with van der Waals surface area (Å²) in [7, 11) is 0. The molecule has 16 heavy (non-hydrogen) atoms. The van der Waals surface area contributed by atoms with E-state index in [2.05, 4.69) is 17.6 Å². The number of ether oxygens (including phenoxy) is 1. The van der Waals surface area contributed by atoms with Gasteiger partial charge in [0.15, 0.2) is 0 Å². The fourth-order valence-corrected chi connectivity index (χ4v) is 2.06. The fraction of sp³-hybridized carbons (Fsp3) is 0.917.